The number of aromatic carboxylic acids is 1. The largest absolute Gasteiger partial charge is 0.505 e. The quantitative estimate of drug-likeness (QED) is 0.0442. The number of hydrogen-bond donors (Lipinski definition) is 8. The summed E-state index contributed by atoms with van der Waals surface area (Å²) in [6.07, 6.45) is 0. The molecule has 0 aromatic heterocycles. The summed E-state index contributed by atoms with van der Waals surface area (Å²) in [5.41, 5.74) is -3.87. The number of fused-ring (bicyclic) bond motifs is 1. The second-order valence-electron chi connectivity index (χ2n) is 13.2. The van der Waals surface area contributed by atoms with Gasteiger partial charge in [0.1, 0.15) is 62.9 Å². The Hall–Kier alpha value is -7.71. The van der Waals surface area contributed by atoms with Gasteiger partial charge in [0.05, 0.1) is 29.4 Å². The predicted octanol–water partition coefficient (Wildman–Crippen LogP) is 4.50. The molecule has 0 saturated heterocycles. The van der Waals surface area contributed by atoms with Crippen molar-refractivity contribution in [2.75, 3.05) is 31.4 Å². The van der Waals surface area contributed by atoms with Crippen LogP contribution in [0.15, 0.2) is 129 Å². The van der Waals surface area contributed by atoms with Crippen molar-refractivity contribution in [3.63, 3.8) is 0 Å². The molecule has 1 heterocycles. The van der Waals surface area contributed by atoms with E-state index in [1.165, 1.54) is 24.3 Å². The molecule has 6 rings (SSSR count). The van der Waals surface area contributed by atoms with Crippen molar-refractivity contribution in [1.29, 1.82) is 0 Å². The molecule has 1 amide bonds. The summed E-state index contributed by atoms with van der Waals surface area (Å²) in [6.45, 7) is -1.82. The van der Waals surface area contributed by atoms with Crippen LogP contribution < -0.4 is 14.5 Å². The number of rotatable bonds is 18. The van der Waals surface area contributed by atoms with E-state index < -0.39 is 122 Å². The summed E-state index contributed by atoms with van der Waals surface area (Å²) in [4.78, 5) is 33.9. The van der Waals surface area contributed by atoms with Crippen LogP contribution in [-0.4, -0.2) is 120 Å². The zero-order valence-corrected chi connectivity index (χ0v) is 35.7. The van der Waals surface area contributed by atoms with E-state index in [1.807, 2.05) is 0 Å². The number of carbonyl (C=O) groups is 3. The van der Waals surface area contributed by atoms with Crippen molar-refractivity contribution in [2.24, 2.45) is 35.8 Å². The van der Waals surface area contributed by atoms with E-state index in [2.05, 4.69) is 35.8 Å². The van der Waals surface area contributed by atoms with Crippen molar-refractivity contribution in [1.82, 2.24) is 0 Å². The number of anilines is 1. The summed E-state index contributed by atoms with van der Waals surface area (Å²) in [7, 11) is -15.7. The van der Waals surface area contributed by atoms with Crippen molar-refractivity contribution < 1.29 is 88.3 Å². The summed E-state index contributed by atoms with van der Waals surface area (Å²) in [6, 6.07) is 11.5. The molecule has 0 aliphatic carbocycles. The number of aromatic hydroxyl groups is 1. The fourth-order valence-corrected chi connectivity index (χ4v) is 7.94. The molecule has 1 unspecified atom stereocenters. The Morgan fingerprint density at radius 3 is 1.78 bits per heavy atom. The molecular weight excluding hydrogens is 957 g/mol. The summed E-state index contributed by atoms with van der Waals surface area (Å²) < 4.78 is 115. The first kappa shape index (κ1) is 48.7. The molecular formula is C37H30N8O19S3. The molecule has 1 atom stereocenters. The molecule has 5 aromatic rings. The molecule has 350 valence electrons. The first-order valence-electron chi connectivity index (χ1n) is 18.3. The Labute approximate surface area is 375 Å². The van der Waals surface area contributed by atoms with Crippen molar-refractivity contribution >= 4 is 98.8 Å². The van der Waals surface area contributed by atoms with Crippen LogP contribution in [-0.2, 0) is 39.9 Å². The Morgan fingerprint density at radius 2 is 1.24 bits per heavy atom. The van der Waals surface area contributed by atoms with E-state index in [0.717, 1.165) is 48.5 Å². The van der Waals surface area contributed by atoms with Gasteiger partial charge in [0.15, 0.2) is 11.5 Å². The second-order valence-corrected chi connectivity index (χ2v) is 17.4. The second kappa shape index (κ2) is 19.4. The maximum atomic E-state index is 13.3. The Balaban J connectivity index is 1.45. The highest BCUT2D eigenvalue weighted by molar-refractivity contribution is 7.86. The topological polar surface area (TPSA) is 424 Å². The minimum atomic E-state index is -5.55. The number of phenols is 1. The lowest BCUT2D eigenvalue weighted by molar-refractivity contribution is -0.130. The van der Waals surface area contributed by atoms with Gasteiger partial charge in [-0.05, 0) is 54.6 Å². The Morgan fingerprint density at radius 1 is 0.657 bits per heavy atom. The van der Waals surface area contributed by atoms with E-state index >= 15 is 0 Å². The number of ether oxygens (including phenoxy) is 2. The average molecular weight is 987 g/mol. The number of carboxylic acid groups (broad SMARTS) is 2. The zero-order chi connectivity index (χ0) is 49.0. The molecule has 1 aliphatic rings. The van der Waals surface area contributed by atoms with Crippen LogP contribution in [0.4, 0.5) is 34.1 Å². The minimum absolute atomic E-state index is 0.0783. The average Bonchev–Trinajstić information content (AvgIpc) is 3.60. The van der Waals surface area contributed by atoms with Gasteiger partial charge >= 0.3 is 11.9 Å². The van der Waals surface area contributed by atoms with E-state index in [0.29, 0.717) is 11.1 Å². The van der Waals surface area contributed by atoms with Crippen LogP contribution in [0.1, 0.15) is 10.4 Å². The summed E-state index contributed by atoms with van der Waals surface area (Å²) >= 11 is 0. The van der Waals surface area contributed by atoms with Gasteiger partial charge in [0.25, 0.3) is 36.3 Å². The maximum absolute atomic E-state index is 13.3. The molecule has 0 fully saturated rings. The number of amides is 1. The maximum Gasteiger partial charge on any atom is 0.355 e. The molecule has 30 heteroatoms. The highest BCUT2D eigenvalue weighted by Crippen LogP contribution is 2.47. The van der Waals surface area contributed by atoms with Gasteiger partial charge in [-0.1, -0.05) is 12.1 Å². The van der Waals surface area contributed by atoms with Gasteiger partial charge in [-0.15, -0.1) is 20.5 Å². The molecule has 0 radical (unpaired) electrons. The first-order chi connectivity index (χ1) is 31.5. The van der Waals surface area contributed by atoms with Gasteiger partial charge in [-0.2, -0.15) is 45.6 Å². The number of carbonyl (C=O) groups excluding carboxylic acids is 1. The Kier molecular flexibility index (Phi) is 14.1. The van der Waals surface area contributed by atoms with Gasteiger partial charge in [0, 0.05) is 22.9 Å². The molecule has 0 bridgehead atoms. The lowest BCUT2D eigenvalue weighted by Gasteiger charge is -2.14. The van der Waals surface area contributed by atoms with Gasteiger partial charge in [-0.3, -0.25) is 18.5 Å². The number of phenolic OH excluding ortho intramolecular Hbond substituents is 1. The molecule has 1 aliphatic heterocycles. The number of benzene rings is 5. The lowest BCUT2D eigenvalue weighted by atomic mass is 10.1. The summed E-state index contributed by atoms with van der Waals surface area (Å²) in [5.74, 6) is -5.98. The highest BCUT2D eigenvalue weighted by atomic mass is 32.2. The van der Waals surface area contributed by atoms with E-state index in [1.54, 1.807) is 0 Å². The van der Waals surface area contributed by atoms with Crippen LogP contribution in [0.5, 0.6) is 17.2 Å². The third kappa shape index (κ3) is 10.7. The number of carboxylic acids is 2. The first-order valence-corrected chi connectivity index (χ1v) is 22.6. The molecule has 27 nitrogen and oxygen atoms in total. The van der Waals surface area contributed by atoms with Crippen LogP contribution in [0.2, 0.25) is 0 Å². The molecule has 67 heavy (non-hydrogen) atoms. The summed E-state index contributed by atoms with van der Waals surface area (Å²) in [5, 5.41) is 75.4. The SMILES string of the molecule is O=C(O)C1=NN(c2ccc(S(=O)(=O)O)cc2)C(=O)C1/N=N/c1ccc2c(O)c(/N=N/c3cc(OCCO)c(/N=N/c4ccccc4C(=O)O)cc3OCCO)c(S(=O)(=O)O)cc2c1S(=O)(=O)O. The van der Waals surface area contributed by atoms with Crippen molar-refractivity contribution in [3.05, 3.63) is 84.4 Å². The lowest BCUT2D eigenvalue weighted by Crippen LogP contribution is -2.33. The van der Waals surface area contributed by atoms with E-state index in [-0.39, 0.29) is 46.4 Å². The van der Waals surface area contributed by atoms with E-state index in [9.17, 15) is 78.8 Å². The molecule has 0 saturated carbocycles. The van der Waals surface area contributed by atoms with Crippen molar-refractivity contribution in [2.45, 2.75) is 20.7 Å². The van der Waals surface area contributed by atoms with Crippen LogP contribution in [0.25, 0.3) is 10.8 Å². The monoisotopic (exact) mass is 986 g/mol. The van der Waals surface area contributed by atoms with Crippen LogP contribution in [0.3, 0.4) is 0 Å². The minimum Gasteiger partial charge on any atom is -0.505 e. The number of aliphatic hydroxyl groups is 2. The predicted molar refractivity (Wildman–Crippen MR) is 226 cm³/mol. The van der Waals surface area contributed by atoms with Gasteiger partial charge in [0.2, 0.25) is 6.04 Å². The third-order valence-corrected chi connectivity index (χ3v) is 11.6. The number of hydrogen-bond acceptors (Lipinski definition) is 21. The number of aliphatic hydroxyl groups excluding tert-OH is 2. The van der Waals surface area contributed by atoms with Gasteiger partial charge < -0.3 is 35.0 Å². The van der Waals surface area contributed by atoms with Crippen molar-refractivity contribution in [3.8, 4) is 17.2 Å². The molecule has 8 N–H and O–H groups in total. The normalized spacial score (nSPS) is 14.7. The number of hydrazone groups is 1. The standard InChI is InChI=1S/C37H30N8O19S3/c46-11-13-63-27-17-26(28(64-14-12-47)16-25(27)40-38-23-4-2-1-3-21(23)36(50)51)41-42-30-29(66(57,58)59)15-22-20(33(30)48)9-10-24(34(22)67(60,61)62)39-43-31-32(37(52)53)44-45(35(31)49)18-5-7-19(8-6-18)65(54,55)56/h1-10,15-17,31,46-48H,11-14H2,(H,50,51)(H,52,53)(H,54,55,56)(H,57,58,59)(H,60,61,62)/b40-38+,42-41+,43-39+. The van der Waals surface area contributed by atoms with Crippen LogP contribution in [0, 0.1) is 0 Å². The zero-order valence-electron chi connectivity index (χ0n) is 33.3. The molecule has 5 aromatic carbocycles. The number of azo groups is 3. The van der Waals surface area contributed by atoms with Crippen LogP contribution >= 0.6 is 0 Å². The fourth-order valence-electron chi connectivity index (χ4n) is 5.99. The van der Waals surface area contributed by atoms with E-state index in [4.69, 9.17) is 9.47 Å². The third-order valence-electron chi connectivity index (χ3n) is 8.88. The fraction of sp³-hybridized carbons (Fsp3) is 0.135. The number of aliphatic carboxylic acids is 1. The molecule has 0 spiro atoms. The number of nitrogens with zero attached hydrogens (tertiary/aromatic N) is 8. The van der Waals surface area contributed by atoms with Gasteiger partial charge in [-0.25, -0.2) is 9.59 Å². The smallest absolute Gasteiger partial charge is 0.355 e. The highest BCUT2D eigenvalue weighted by Gasteiger charge is 2.41. The Bertz CT molecular complexity index is 3310.